The lowest BCUT2D eigenvalue weighted by atomic mass is 10.1. The van der Waals surface area contributed by atoms with Gasteiger partial charge in [-0.15, -0.1) is 0 Å². The molecule has 1 aromatic rings. The summed E-state index contributed by atoms with van der Waals surface area (Å²) < 4.78 is 5.56. The highest BCUT2D eigenvalue weighted by Crippen LogP contribution is 2.26. The molecule has 2 atom stereocenters. The van der Waals surface area contributed by atoms with Crippen LogP contribution in [0.2, 0.25) is 0 Å². The molecule has 0 aromatic carbocycles. The Hall–Kier alpha value is -2.15. The molecule has 7 heteroatoms. The van der Waals surface area contributed by atoms with Crippen molar-refractivity contribution in [3.8, 4) is 0 Å². The molecule has 0 spiro atoms. The Labute approximate surface area is 128 Å². The van der Waals surface area contributed by atoms with E-state index in [-0.39, 0.29) is 23.4 Å². The number of carbonyl (C=O) groups is 2. The number of fused-ring (bicyclic) bond motifs is 3. The first kappa shape index (κ1) is 14.8. The quantitative estimate of drug-likeness (QED) is 0.850. The molecule has 0 aliphatic carbocycles. The molecule has 0 unspecified atom stereocenters. The van der Waals surface area contributed by atoms with Crippen molar-refractivity contribution >= 4 is 17.7 Å². The summed E-state index contributed by atoms with van der Waals surface area (Å²) in [6.45, 7) is 3.61. The maximum Gasteiger partial charge on any atom is 0.339 e. The van der Waals surface area contributed by atoms with E-state index in [1.165, 1.54) is 0 Å². The van der Waals surface area contributed by atoms with Crippen molar-refractivity contribution in [2.75, 3.05) is 38.3 Å². The molecule has 1 aromatic heterocycles. The zero-order chi connectivity index (χ0) is 15.9. The highest BCUT2D eigenvalue weighted by Gasteiger charge is 2.38. The second kappa shape index (κ2) is 5.57. The summed E-state index contributed by atoms with van der Waals surface area (Å²) in [4.78, 5) is 31.9. The predicted octanol–water partition coefficient (Wildman–Crippen LogP) is 0.382. The number of pyridine rings is 1. The summed E-state index contributed by atoms with van der Waals surface area (Å²) in [7, 11) is 1.78. The number of carbonyl (C=O) groups excluding carboxylic acids is 1. The molecule has 3 heterocycles. The largest absolute Gasteiger partial charge is 0.478 e. The lowest BCUT2D eigenvalue weighted by molar-refractivity contribution is -0.133. The van der Waals surface area contributed by atoms with Gasteiger partial charge in [-0.25, -0.2) is 9.78 Å². The van der Waals surface area contributed by atoms with Gasteiger partial charge >= 0.3 is 5.97 Å². The molecule has 2 bridgehead atoms. The minimum atomic E-state index is -1.01. The van der Waals surface area contributed by atoms with E-state index in [2.05, 4.69) is 4.98 Å². The molecule has 2 saturated heterocycles. The molecule has 118 valence electrons. The number of nitrogens with zero attached hydrogens (tertiary/aromatic N) is 3. The molecular weight excluding hydrogens is 286 g/mol. The lowest BCUT2D eigenvalue weighted by Crippen LogP contribution is -2.43. The van der Waals surface area contributed by atoms with Gasteiger partial charge in [0.1, 0.15) is 11.4 Å². The van der Waals surface area contributed by atoms with Gasteiger partial charge in [-0.3, -0.25) is 4.79 Å². The fourth-order valence-corrected chi connectivity index (χ4v) is 3.02. The van der Waals surface area contributed by atoms with Gasteiger partial charge in [-0.2, -0.15) is 0 Å². The zero-order valence-electron chi connectivity index (χ0n) is 12.7. The van der Waals surface area contributed by atoms with Crippen molar-refractivity contribution in [2.45, 2.75) is 13.0 Å². The Kier molecular flexibility index (Phi) is 3.74. The number of rotatable bonds is 2. The van der Waals surface area contributed by atoms with Crippen molar-refractivity contribution in [1.29, 1.82) is 0 Å². The Morgan fingerprint density at radius 3 is 2.86 bits per heavy atom. The van der Waals surface area contributed by atoms with E-state index in [1.54, 1.807) is 24.1 Å². The molecular formula is C15H19N3O4. The molecule has 2 fully saturated rings. The van der Waals surface area contributed by atoms with Crippen LogP contribution >= 0.6 is 0 Å². The highest BCUT2D eigenvalue weighted by atomic mass is 16.5. The number of likely N-dealkylation sites (N-methyl/N-ethyl adjacent to an activating group) is 1. The molecule has 1 amide bonds. The molecule has 2 aliphatic heterocycles. The maximum absolute atomic E-state index is 12.4. The van der Waals surface area contributed by atoms with Crippen molar-refractivity contribution in [2.24, 2.45) is 5.92 Å². The highest BCUT2D eigenvalue weighted by molar-refractivity contribution is 5.93. The minimum absolute atomic E-state index is 0.0505. The second-order valence-corrected chi connectivity index (χ2v) is 5.87. The van der Waals surface area contributed by atoms with Crippen molar-refractivity contribution < 1.29 is 19.4 Å². The predicted molar refractivity (Wildman–Crippen MR) is 79.0 cm³/mol. The zero-order valence-corrected chi connectivity index (χ0v) is 12.7. The number of hydrogen-bond donors (Lipinski definition) is 1. The summed E-state index contributed by atoms with van der Waals surface area (Å²) in [6, 6.07) is 3.17. The SMILES string of the molecule is Cc1ccc(C(=O)O)c(N2C[C@@H]3COC[C@H](C2)N(C)C3=O)n1. The first-order valence-electron chi connectivity index (χ1n) is 7.27. The van der Waals surface area contributed by atoms with Crippen LogP contribution in [0.15, 0.2) is 12.1 Å². The third kappa shape index (κ3) is 2.52. The monoisotopic (exact) mass is 305 g/mol. The van der Waals surface area contributed by atoms with Crippen LogP contribution in [0.5, 0.6) is 0 Å². The third-order valence-corrected chi connectivity index (χ3v) is 4.29. The van der Waals surface area contributed by atoms with Crippen LogP contribution in [0.25, 0.3) is 0 Å². The average Bonchev–Trinajstić information content (AvgIpc) is 2.64. The Bertz CT molecular complexity index is 619. The lowest BCUT2D eigenvalue weighted by Gasteiger charge is -2.31. The number of carboxylic acids is 1. The number of carboxylic acid groups (broad SMARTS) is 1. The van der Waals surface area contributed by atoms with E-state index >= 15 is 0 Å². The molecule has 7 nitrogen and oxygen atoms in total. The first-order valence-corrected chi connectivity index (χ1v) is 7.27. The maximum atomic E-state index is 12.4. The Balaban J connectivity index is 2.01. The number of aromatic carboxylic acids is 1. The number of ether oxygens (including phenoxy) is 1. The van der Waals surface area contributed by atoms with Gasteiger partial charge in [0.25, 0.3) is 0 Å². The van der Waals surface area contributed by atoms with Crippen LogP contribution in [0, 0.1) is 12.8 Å². The van der Waals surface area contributed by atoms with Gasteiger partial charge < -0.3 is 19.6 Å². The van der Waals surface area contributed by atoms with Crippen LogP contribution in [0.3, 0.4) is 0 Å². The summed E-state index contributed by atoms with van der Waals surface area (Å²) in [5.41, 5.74) is 0.923. The van der Waals surface area contributed by atoms with Crippen LogP contribution < -0.4 is 4.90 Å². The summed E-state index contributed by atoms with van der Waals surface area (Å²) in [5, 5.41) is 9.40. The molecule has 1 N–H and O–H groups in total. The smallest absolute Gasteiger partial charge is 0.339 e. The molecule has 3 rings (SSSR count). The van der Waals surface area contributed by atoms with Crippen LogP contribution in [-0.2, 0) is 9.53 Å². The van der Waals surface area contributed by atoms with E-state index in [4.69, 9.17) is 4.74 Å². The summed E-state index contributed by atoms with van der Waals surface area (Å²) in [5.74, 6) is -0.809. The van der Waals surface area contributed by atoms with Gasteiger partial charge in [0.15, 0.2) is 0 Å². The summed E-state index contributed by atoms with van der Waals surface area (Å²) >= 11 is 0. The summed E-state index contributed by atoms with van der Waals surface area (Å²) in [6.07, 6.45) is 0. The average molecular weight is 305 g/mol. The van der Waals surface area contributed by atoms with Gasteiger partial charge in [0.05, 0.1) is 25.2 Å². The molecule has 22 heavy (non-hydrogen) atoms. The molecule has 0 saturated carbocycles. The van der Waals surface area contributed by atoms with Gasteiger partial charge in [0, 0.05) is 25.8 Å². The first-order chi connectivity index (χ1) is 10.5. The minimum Gasteiger partial charge on any atom is -0.478 e. The van der Waals surface area contributed by atoms with E-state index < -0.39 is 5.97 Å². The van der Waals surface area contributed by atoms with E-state index in [0.29, 0.717) is 32.1 Å². The number of anilines is 1. The molecule has 0 radical (unpaired) electrons. The van der Waals surface area contributed by atoms with Crippen LogP contribution in [0.4, 0.5) is 5.82 Å². The standard InChI is InChI=1S/C15H19N3O4/c1-9-3-4-12(15(20)21)13(16-9)18-5-10-7-22-8-11(6-18)17(2)14(10)19/h3-4,10-11H,5-8H2,1-2H3,(H,20,21)/t10-,11+/m1/s1. The normalized spacial score (nSPS) is 25.1. The van der Waals surface area contributed by atoms with E-state index in [0.717, 1.165) is 5.69 Å². The third-order valence-electron chi connectivity index (χ3n) is 4.29. The Morgan fingerprint density at radius 2 is 2.14 bits per heavy atom. The topological polar surface area (TPSA) is 83.0 Å². The van der Waals surface area contributed by atoms with Gasteiger partial charge in [-0.05, 0) is 19.1 Å². The number of aryl methyl sites for hydroxylation is 1. The number of hydrogen-bond acceptors (Lipinski definition) is 5. The fraction of sp³-hybridized carbons (Fsp3) is 0.533. The second-order valence-electron chi connectivity index (χ2n) is 5.87. The van der Waals surface area contributed by atoms with Crippen molar-refractivity contribution in [3.63, 3.8) is 0 Å². The number of aromatic nitrogens is 1. The molecule has 2 aliphatic rings. The number of amides is 1. The van der Waals surface area contributed by atoms with Crippen molar-refractivity contribution in [3.05, 3.63) is 23.4 Å². The van der Waals surface area contributed by atoms with E-state index in [9.17, 15) is 14.7 Å². The fourth-order valence-electron chi connectivity index (χ4n) is 3.02. The van der Waals surface area contributed by atoms with E-state index in [1.807, 2.05) is 11.8 Å². The van der Waals surface area contributed by atoms with Crippen LogP contribution in [-0.4, -0.2) is 66.3 Å². The Morgan fingerprint density at radius 1 is 1.36 bits per heavy atom. The van der Waals surface area contributed by atoms with Gasteiger partial charge in [-0.1, -0.05) is 0 Å². The van der Waals surface area contributed by atoms with Gasteiger partial charge in [0.2, 0.25) is 5.91 Å². The van der Waals surface area contributed by atoms with Crippen LogP contribution in [0.1, 0.15) is 16.1 Å². The van der Waals surface area contributed by atoms with Crippen molar-refractivity contribution in [1.82, 2.24) is 9.88 Å².